The summed E-state index contributed by atoms with van der Waals surface area (Å²) >= 11 is 3.22. The molecular formula is C25H27N3O8S3. The number of ether oxygens (including phenoxy) is 3. The summed E-state index contributed by atoms with van der Waals surface area (Å²) in [6, 6.07) is 7.35. The highest BCUT2D eigenvalue weighted by atomic mass is 32.2. The maximum Gasteiger partial charge on any atom is 0.348 e. The fourth-order valence-corrected chi connectivity index (χ4v) is 6.18. The zero-order valence-electron chi connectivity index (χ0n) is 21.7. The van der Waals surface area contributed by atoms with Gasteiger partial charge in [0.25, 0.3) is 5.91 Å². The van der Waals surface area contributed by atoms with Gasteiger partial charge in [0, 0.05) is 0 Å². The predicted molar refractivity (Wildman–Crippen MR) is 149 cm³/mol. The third kappa shape index (κ3) is 7.55. The van der Waals surface area contributed by atoms with Crippen LogP contribution in [-0.4, -0.2) is 66.1 Å². The van der Waals surface area contributed by atoms with Crippen LogP contribution in [-0.2, 0) is 35.1 Å². The van der Waals surface area contributed by atoms with E-state index >= 15 is 0 Å². The molecule has 0 aliphatic heterocycles. The van der Waals surface area contributed by atoms with Gasteiger partial charge in [-0.05, 0) is 38.5 Å². The number of carbonyl (C=O) groups excluding carboxylic acids is 5. The van der Waals surface area contributed by atoms with Gasteiger partial charge >= 0.3 is 17.9 Å². The Labute approximate surface area is 236 Å². The first kappa shape index (κ1) is 30.1. The quantitative estimate of drug-likeness (QED) is 0.261. The molecule has 0 radical (unpaired) electrons. The lowest BCUT2D eigenvalue weighted by Crippen LogP contribution is -2.23. The van der Waals surface area contributed by atoms with Crippen molar-refractivity contribution in [3.8, 4) is 0 Å². The highest BCUT2D eigenvalue weighted by Crippen LogP contribution is 2.34. The van der Waals surface area contributed by atoms with Crippen molar-refractivity contribution < 1.29 is 38.2 Å². The Morgan fingerprint density at radius 2 is 1.69 bits per heavy atom. The number of methoxy groups -OCH3 is 1. The van der Waals surface area contributed by atoms with Crippen LogP contribution in [0.5, 0.6) is 0 Å². The molecule has 2 heterocycles. The number of thiophene rings is 1. The number of thiazole rings is 1. The Kier molecular flexibility index (Phi) is 10.8. The molecule has 11 nitrogen and oxygen atoms in total. The molecule has 0 unspecified atom stereocenters. The van der Waals surface area contributed by atoms with Crippen LogP contribution in [0.25, 0.3) is 10.2 Å². The van der Waals surface area contributed by atoms with E-state index in [1.165, 1.54) is 18.4 Å². The average Bonchev–Trinajstić information content (AvgIpc) is 3.40. The number of para-hydroxylation sites is 1. The number of anilines is 1. The molecule has 1 N–H and O–H groups in total. The van der Waals surface area contributed by atoms with Crippen molar-refractivity contribution in [1.82, 2.24) is 4.57 Å². The maximum atomic E-state index is 12.6. The highest BCUT2D eigenvalue weighted by molar-refractivity contribution is 8.00. The summed E-state index contributed by atoms with van der Waals surface area (Å²) in [5, 5.41) is 2.81. The van der Waals surface area contributed by atoms with Crippen molar-refractivity contribution in [3.05, 3.63) is 45.1 Å². The molecule has 0 saturated heterocycles. The summed E-state index contributed by atoms with van der Waals surface area (Å²) in [5.41, 5.74) is 1.20. The molecule has 3 rings (SSSR count). The molecule has 2 aromatic heterocycles. The van der Waals surface area contributed by atoms with Gasteiger partial charge in [-0.1, -0.05) is 23.5 Å². The van der Waals surface area contributed by atoms with Crippen LogP contribution < -0.4 is 10.1 Å². The number of amides is 2. The zero-order chi connectivity index (χ0) is 28.5. The largest absolute Gasteiger partial charge is 0.468 e. The molecule has 0 aliphatic rings. The van der Waals surface area contributed by atoms with Crippen LogP contribution in [0.2, 0.25) is 0 Å². The molecule has 14 heteroatoms. The van der Waals surface area contributed by atoms with Gasteiger partial charge in [0.2, 0.25) is 5.91 Å². The number of benzene rings is 1. The summed E-state index contributed by atoms with van der Waals surface area (Å²) in [6.07, 6.45) is 0. The van der Waals surface area contributed by atoms with E-state index in [2.05, 4.69) is 10.3 Å². The standard InChI is InChI=1S/C25H27N3O8S3/c1-5-35-23(32)20-14(3)21(24(33)36-6-2)39-22(20)26-17(29)12-37-13-18(30)27-25-28(11-19(31)34-4)15-9-7-8-10-16(15)38-25/h7-10H,5-6,11-13H2,1-4H3,(H,26,29). The summed E-state index contributed by atoms with van der Waals surface area (Å²) in [5.74, 6) is -2.90. The molecule has 208 valence electrons. The van der Waals surface area contributed by atoms with Gasteiger partial charge in [0.05, 0.1) is 47.6 Å². The van der Waals surface area contributed by atoms with Gasteiger partial charge in [-0.15, -0.1) is 23.1 Å². The van der Waals surface area contributed by atoms with Crippen LogP contribution in [0, 0.1) is 6.92 Å². The van der Waals surface area contributed by atoms with Crippen molar-refractivity contribution >= 4 is 79.4 Å². The summed E-state index contributed by atoms with van der Waals surface area (Å²) in [7, 11) is 1.28. The Bertz CT molecular complexity index is 1470. The van der Waals surface area contributed by atoms with Crippen molar-refractivity contribution in [2.75, 3.05) is 37.1 Å². The van der Waals surface area contributed by atoms with Gasteiger partial charge in [0.1, 0.15) is 16.4 Å². The molecule has 0 atom stereocenters. The van der Waals surface area contributed by atoms with Crippen molar-refractivity contribution in [3.63, 3.8) is 0 Å². The van der Waals surface area contributed by atoms with E-state index in [4.69, 9.17) is 14.2 Å². The number of thioether (sulfide) groups is 1. The number of hydrogen-bond acceptors (Lipinski definition) is 11. The van der Waals surface area contributed by atoms with Crippen LogP contribution >= 0.6 is 34.4 Å². The minimum absolute atomic E-state index is 0.0919. The fourth-order valence-electron chi connectivity index (χ4n) is 3.43. The molecule has 1 aromatic carbocycles. The minimum atomic E-state index is -0.665. The topological polar surface area (TPSA) is 142 Å². The third-order valence-electron chi connectivity index (χ3n) is 5.12. The highest BCUT2D eigenvalue weighted by Gasteiger charge is 2.27. The van der Waals surface area contributed by atoms with Gasteiger partial charge < -0.3 is 24.1 Å². The molecule has 0 saturated carbocycles. The SMILES string of the molecule is CCOC(=O)c1sc(NC(=O)CSCC(=O)N=c2sc3ccccc3n2CC(=O)OC)c(C(=O)OCC)c1C. The monoisotopic (exact) mass is 593 g/mol. The Hall–Kier alpha value is -3.49. The number of aromatic nitrogens is 1. The fraction of sp³-hybridized carbons (Fsp3) is 0.360. The van der Waals surface area contributed by atoms with Crippen LogP contribution in [0.15, 0.2) is 29.3 Å². The van der Waals surface area contributed by atoms with Crippen molar-refractivity contribution in [2.24, 2.45) is 4.99 Å². The van der Waals surface area contributed by atoms with E-state index in [-0.39, 0.29) is 46.7 Å². The zero-order valence-corrected chi connectivity index (χ0v) is 24.2. The number of rotatable bonds is 11. The molecule has 2 amide bonds. The molecular weight excluding hydrogens is 566 g/mol. The molecule has 0 aliphatic carbocycles. The smallest absolute Gasteiger partial charge is 0.348 e. The first-order valence-corrected chi connectivity index (χ1v) is 14.6. The summed E-state index contributed by atoms with van der Waals surface area (Å²) < 4.78 is 17.4. The van der Waals surface area contributed by atoms with Gasteiger partial charge in [-0.3, -0.25) is 14.4 Å². The maximum absolute atomic E-state index is 12.6. The average molecular weight is 594 g/mol. The minimum Gasteiger partial charge on any atom is -0.468 e. The number of esters is 3. The van der Waals surface area contributed by atoms with Gasteiger partial charge in [-0.2, -0.15) is 4.99 Å². The first-order chi connectivity index (χ1) is 18.7. The van der Waals surface area contributed by atoms with E-state index in [1.54, 1.807) is 25.3 Å². The second-order valence-corrected chi connectivity index (χ2v) is 10.8. The molecule has 0 fully saturated rings. The Morgan fingerprint density at radius 1 is 1.00 bits per heavy atom. The number of carbonyl (C=O) groups is 5. The lowest BCUT2D eigenvalue weighted by molar-refractivity contribution is -0.141. The molecule has 0 spiro atoms. The second-order valence-electron chi connectivity index (χ2n) is 7.76. The number of hydrogen-bond donors (Lipinski definition) is 1. The van der Waals surface area contributed by atoms with E-state index < -0.39 is 29.7 Å². The molecule has 0 bridgehead atoms. The normalized spacial score (nSPS) is 11.3. The van der Waals surface area contributed by atoms with Crippen LogP contribution in [0.3, 0.4) is 0 Å². The third-order valence-corrected chi connectivity index (χ3v) is 8.29. The lowest BCUT2D eigenvalue weighted by atomic mass is 10.1. The van der Waals surface area contributed by atoms with Gasteiger partial charge in [-0.25, -0.2) is 9.59 Å². The number of fused-ring (bicyclic) bond motifs is 1. The van der Waals surface area contributed by atoms with E-state index in [0.29, 0.717) is 10.4 Å². The Morgan fingerprint density at radius 3 is 2.38 bits per heavy atom. The van der Waals surface area contributed by atoms with Gasteiger partial charge in [0.15, 0.2) is 4.80 Å². The van der Waals surface area contributed by atoms with E-state index in [0.717, 1.165) is 33.3 Å². The predicted octanol–water partition coefficient (Wildman–Crippen LogP) is 3.40. The first-order valence-electron chi connectivity index (χ1n) is 11.8. The van der Waals surface area contributed by atoms with Crippen LogP contribution in [0.4, 0.5) is 5.00 Å². The van der Waals surface area contributed by atoms with Crippen LogP contribution in [0.1, 0.15) is 39.4 Å². The molecule has 3 aromatic rings. The lowest BCUT2D eigenvalue weighted by Gasteiger charge is -2.07. The van der Waals surface area contributed by atoms with Crippen molar-refractivity contribution in [1.29, 1.82) is 0 Å². The summed E-state index contributed by atoms with van der Waals surface area (Å²) in [6.45, 7) is 5.08. The van der Waals surface area contributed by atoms with Crippen molar-refractivity contribution in [2.45, 2.75) is 27.3 Å². The second kappa shape index (κ2) is 14.1. The van der Waals surface area contributed by atoms with E-state index in [1.807, 2.05) is 24.3 Å². The number of nitrogens with zero attached hydrogens (tertiary/aromatic N) is 2. The summed E-state index contributed by atoms with van der Waals surface area (Å²) in [4.78, 5) is 66.6. The number of nitrogens with one attached hydrogen (secondary N) is 1. The Balaban J connectivity index is 1.70. The molecule has 39 heavy (non-hydrogen) atoms. The van der Waals surface area contributed by atoms with E-state index in [9.17, 15) is 24.0 Å².